The standard InChI is InChI=1S/C12H15FN4O2S/c1-7-5-9(14)6-10(11(7)13)20(18,19)17-8(2)12-15-3-4-16-12/h3-6,8,17H,14H2,1-2H3,(H,15,16). The molecular formula is C12H15FN4O2S. The number of sulfonamides is 1. The number of hydrogen-bond acceptors (Lipinski definition) is 4. The van der Waals surface area contributed by atoms with Crippen molar-refractivity contribution in [3.8, 4) is 0 Å². The minimum atomic E-state index is -4.03. The molecule has 108 valence electrons. The second-order valence-corrected chi connectivity index (χ2v) is 6.15. The predicted molar refractivity (Wildman–Crippen MR) is 72.9 cm³/mol. The fourth-order valence-electron chi connectivity index (χ4n) is 1.83. The Morgan fingerprint density at radius 1 is 1.45 bits per heavy atom. The molecule has 0 bridgehead atoms. The Bertz CT molecular complexity index is 713. The third-order valence-corrected chi connectivity index (χ3v) is 4.33. The summed E-state index contributed by atoms with van der Waals surface area (Å²) < 4.78 is 40.8. The number of aromatic amines is 1. The summed E-state index contributed by atoms with van der Waals surface area (Å²) in [5.74, 6) is -0.368. The van der Waals surface area contributed by atoms with Gasteiger partial charge >= 0.3 is 0 Å². The van der Waals surface area contributed by atoms with Gasteiger partial charge in [-0.15, -0.1) is 0 Å². The van der Waals surface area contributed by atoms with E-state index in [1.165, 1.54) is 19.2 Å². The third kappa shape index (κ3) is 2.81. The lowest BCUT2D eigenvalue weighted by Gasteiger charge is -2.14. The van der Waals surface area contributed by atoms with Crippen LogP contribution in [0, 0.1) is 12.7 Å². The maximum Gasteiger partial charge on any atom is 0.244 e. The molecular weight excluding hydrogens is 283 g/mol. The molecule has 1 unspecified atom stereocenters. The quantitative estimate of drug-likeness (QED) is 0.744. The van der Waals surface area contributed by atoms with Crippen molar-refractivity contribution in [3.63, 3.8) is 0 Å². The zero-order valence-electron chi connectivity index (χ0n) is 11.0. The number of H-pyrrole nitrogens is 1. The third-order valence-electron chi connectivity index (χ3n) is 2.79. The summed E-state index contributed by atoms with van der Waals surface area (Å²) >= 11 is 0. The van der Waals surface area contributed by atoms with Gasteiger partial charge in [0.05, 0.1) is 6.04 Å². The van der Waals surface area contributed by atoms with E-state index in [2.05, 4.69) is 14.7 Å². The van der Waals surface area contributed by atoms with Gasteiger partial charge in [0.1, 0.15) is 16.5 Å². The number of nitrogens with one attached hydrogen (secondary N) is 2. The van der Waals surface area contributed by atoms with E-state index in [-0.39, 0.29) is 11.3 Å². The molecule has 2 rings (SSSR count). The molecule has 0 amide bonds. The number of rotatable bonds is 4. The SMILES string of the molecule is Cc1cc(N)cc(S(=O)(=O)NC(C)c2ncc[nH]2)c1F. The highest BCUT2D eigenvalue weighted by Gasteiger charge is 2.24. The number of nitrogens with zero attached hydrogens (tertiary/aromatic N) is 1. The molecule has 1 atom stereocenters. The van der Waals surface area contributed by atoms with Crippen molar-refractivity contribution >= 4 is 15.7 Å². The highest BCUT2D eigenvalue weighted by atomic mass is 32.2. The summed E-state index contributed by atoms with van der Waals surface area (Å²) in [7, 11) is -4.03. The highest BCUT2D eigenvalue weighted by molar-refractivity contribution is 7.89. The minimum Gasteiger partial charge on any atom is -0.399 e. The van der Waals surface area contributed by atoms with Crippen LogP contribution in [0.25, 0.3) is 0 Å². The van der Waals surface area contributed by atoms with E-state index in [0.29, 0.717) is 5.82 Å². The number of nitrogen functional groups attached to an aromatic ring is 1. The summed E-state index contributed by atoms with van der Waals surface area (Å²) in [6.07, 6.45) is 3.08. The molecule has 0 aliphatic heterocycles. The van der Waals surface area contributed by atoms with Crippen LogP contribution < -0.4 is 10.5 Å². The van der Waals surface area contributed by atoms with Crippen LogP contribution in [0.1, 0.15) is 24.4 Å². The lowest BCUT2D eigenvalue weighted by atomic mass is 10.2. The lowest BCUT2D eigenvalue weighted by Crippen LogP contribution is -2.28. The summed E-state index contributed by atoms with van der Waals surface area (Å²) in [6, 6.07) is 1.86. The van der Waals surface area contributed by atoms with Crippen molar-refractivity contribution in [3.05, 3.63) is 41.7 Å². The number of aryl methyl sites for hydroxylation is 1. The summed E-state index contributed by atoms with van der Waals surface area (Å²) in [6.45, 7) is 3.06. The first-order chi connectivity index (χ1) is 9.31. The number of imidazole rings is 1. The molecule has 1 aromatic carbocycles. The lowest BCUT2D eigenvalue weighted by molar-refractivity contribution is 0.540. The van der Waals surface area contributed by atoms with Crippen LogP contribution in [-0.2, 0) is 10.0 Å². The molecule has 0 fully saturated rings. The molecule has 4 N–H and O–H groups in total. The Labute approximate surface area is 116 Å². The van der Waals surface area contributed by atoms with Crippen LogP contribution in [0.4, 0.5) is 10.1 Å². The fraction of sp³-hybridized carbons (Fsp3) is 0.250. The maximum absolute atomic E-state index is 14.0. The minimum absolute atomic E-state index is 0.177. The van der Waals surface area contributed by atoms with Crippen LogP contribution in [-0.4, -0.2) is 18.4 Å². The molecule has 1 heterocycles. The average molecular weight is 298 g/mol. The van der Waals surface area contributed by atoms with Crippen LogP contribution in [0.2, 0.25) is 0 Å². The molecule has 1 aromatic heterocycles. The average Bonchev–Trinajstić information content (AvgIpc) is 2.86. The molecule has 8 heteroatoms. The first-order valence-corrected chi connectivity index (χ1v) is 7.37. The molecule has 0 spiro atoms. The Morgan fingerprint density at radius 3 is 2.75 bits per heavy atom. The Morgan fingerprint density at radius 2 is 2.15 bits per heavy atom. The fourth-order valence-corrected chi connectivity index (χ4v) is 3.22. The summed E-state index contributed by atoms with van der Waals surface area (Å²) in [5, 5.41) is 0. The molecule has 2 aromatic rings. The second-order valence-electron chi connectivity index (χ2n) is 4.47. The summed E-state index contributed by atoms with van der Waals surface area (Å²) in [5.41, 5.74) is 5.94. The molecule has 0 saturated carbocycles. The predicted octanol–water partition coefficient (Wildman–Crippen LogP) is 1.48. The van der Waals surface area contributed by atoms with E-state index < -0.39 is 26.8 Å². The van der Waals surface area contributed by atoms with Gasteiger partial charge in [0, 0.05) is 18.1 Å². The number of anilines is 1. The smallest absolute Gasteiger partial charge is 0.244 e. The highest BCUT2D eigenvalue weighted by Crippen LogP contribution is 2.23. The van der Waals surface area contributed by atoms with Crippen molar-refractivity contribution in [1.82, 2.24) is 14.7 Å². The van der Waals surface area contributed by atoms with E-state index in [9.17, 15) is 12.8 Å². The van der Waals surface area contributed by atoms with Crippen LogP contribution in [0.3, 0.4) is 0 Å². The van der Waals surface area contributed by atoms with Crippen LogP contribution in [0.15, 0.2) is 29.4 Å². The van der Waals surface area contributed by atoms with Crippen LogP contribution in [0.5, 0.6) is 0 Å². The van der Waals surface area contributed by atoms with E-state index in [4.69, 9.17) is 5.73 Å². The van der Waals surface area contributed by atoms with Gasteiger partial charge in [-0.2, -0.15) is 0 Å². The van der Waals surface area contributed by atoms with E-state index >= 15 is 0 Å². The molecule has 20 heavy (non-hydrogen) atoms. The van der Waals surface area contributed by atoms with Gasteiger partial charge in [-0.3, -0.25) is 0 Å². The van der Waals surface area contributed by atoms with Gasteiger partial charge < -0.3 is 10.7 Å². The van der Waals surface area contributed by atoms with Crippen molar-refractivity contribution in [2.45, 2.75) is 24.8 Å². The largest absolute Gasteiger partial charge is 0.399 e. The van der Waals surface area contributed by atoms with Crippen molar-refractivity contribution in [2.75, 3.05) is 5.73 Å². The zero-order chi connectivity index (χ0) is 14.9. The molecule has 6 nitrogen and oxygen atoms in total. The number of aromatic nitrogens is 2. The topological polar surface area (TPSA) is 101 Å². The number of hydrogen-bond donors (Lipinski definition) is 3. The van der Waals surface area contributed by atoms with Crippen molar-refractivity contribution in [2.24, 2.45) is 0 Å². The van der Waals surface area contributed by atoms with Gasteiger partial charge in [0.2, 0.25) is 10.0 Å². The van der Waals surface area contributed by atoms with E-state index in [0.717, 1.165) is 6.07 Å². The number of nitrogens with two attached hydrogens (primary N) is 1. The molecule has 0 aliphatic carbocycles. The van der Waals surface area contributed by atoms with E-state index in [1.54, 1.807) is 13.1 Å². The number of benzene rings is 1. The van der Waals surface area contributed by atoms with E-state index in [1.807, 2.05) is 0 Å². The van der Waals surface area contributed by atoms with Crippen LogP contribution >= 0.6 is 0 Å². The molecule has 0 saturated heterocycles. The summed E-state index contributed by atoms with van der Waals surface area (Å²) in [4.78, 5) is 6.28. The zero-order valence-corrected chi connectivity index (χ0v) is 11.8. The monoisotopic (exact) mass is 298 g/mol. The second kappa shape index (κ2) is 5.22. The molecule has 0 radical (unpaired) electrons. The van der Waals surface area contributed by atoms with Gasteiger partial charge in [-0.05, 0) is 31.5 Å². The first kappa shape index (κ1) is 14.5. The normalized spacial score (nSPS) is 13.3. The Hall–Kier alpha value is -1.93. The van der Waals surface area contributed by atoms with Crippen molar-refractivity contribution in [1.29, 1.82) is 0 Å². The van der Waals surface area contributed by atoms with Gasteiger partial charge in [0.25, 0.3) is 0 Å². The van der Waals surface area contributed by atoms with Crippen molar-refractivity contribution < 1.29 is 12.8 Å². The van der Waals surface area contributed by atoms with Gasteiger partial charge in [0.15, 0.2) is 0 Å². The van der Waals surface area contributed by atoms with Gasteiger partial charge in [-0.25, -0.2) is 22.5 Å². The number of halogens is 1. The Balaban J connectivity index is 2.36. The van der Waals surface area contributed by atoms with Gasteiger partial charge in [-0.1, -0.05) is 0 Å². The molecule has 0 aliphatic rings. The first-order valence-electron chi connectivity index (χ1n) is 5.88. The maximum atomic E-state index is 14.0. The Kier molecular flexibility index (Phi) is 3.78.